The van der Waals surface area contributed by atoms with Gasteiger partial charge in [-0.05, 0) is 30.2 Å². The van der Waals surface area contributed by atoms with Crippen LogP contribution in [0, 0.1) is 0 Å². The van der Waals surface area contributed by atoms with Crippen LogP contribution in [0.4, 0.5) is 0 Å². The van der Waals surface area contributed by atoms with Crippen LogP contribution in [-0.2, 0) is 16.0 Å². The molecule has 0 saturated carbocycles. The molecule has 5 nitrogen and oxygen atoms in total. The van der Waals surface area contributed by atoms with Crippen molar-refractivity contribution in [3.63, 3.8) is 0 Å². The Morgan fingerprint density at radius 1 is 1.07 bits per heavy atom. The summed E-state index contributed by atoms with van der Waals surface area (Å²) in [5.74, 6) is 0.122. The van der Waals surface area contributed by atoms with Crippen molar-refractivity contribution in [2.24, 2.45) is 0 Å². The maximum Gasteiger partial charge on any atom is 0.243 e. The number of aromatic amines is 1. The summed E-state index contributed by atoms with van der Waals surface area (Å²) in [7, 11) is 0. The molecule has 1 unspecified atom stereocenters. The number of benzene rings is 2. The molecular formula is C21H23N3O2S. The number of rotatable bonds is 8. The summed E-state index contributed by atoms with van der Waals surface area (Å²) in [5, 5.41) is 6.86. The minimum atomic E-state index is -0.560. The highest BCUT2D eigenvalue weighted by Crippen LogP contribution is 2.19. The van der Waals surface area contributed by atoms with Crippen LogP contribution in [0.2, 0.25) is 0 Å². The van der Waals surface area contributed by atoms with Gasteiger partial charge in [-0.1, -0.05) is 36.4 Å². The van der Waals surface area contributed by atoms with E-state index in [1.807, 2.05) is 54.7 Å². The Balaban J connectivity index is 1.54. The van der Waals surface area contributed by atoms with Gasteiger partial charge in [-0.3, -0.25) is 9.59 Å². The Kier molecular flexibility index (Phi) is 6.54. The van der Waals surface area contributed by atoms with Gasteiger partial charge in [-0.15, -0.1) is 11.8 Å². The summed E-state index contributed by atoms with van der Waals surface area (Å²) in [6, 6.07) is 17.4. The lowest BCUT2D eigenvalue weighted by Gasteiger charge is -2.17. The van der Waals surface area contributed by atoms with E-state index in [0.717, 1.165) is 16.8 Å². The number of aromatic nitrogens is 1. The second-order valence-electron chi connectivity index (χ2n) is 6.28. The van der Waals surface area contributed by atoms with Crippen molar-refractivity contribution >= 4 is 34.5 Å². The van der Waals surface area contributed by atoms with Crippen LogP contribution in [0.5, 0.6) is 0 Å². The Morgan fingerprint density at radius 2 is 1.81 bits per heavy atom. The number of thioether (sulfide) groups is 1. The quantitative estimate of drug-likeness (QED) is 0.525. The molecule has 0 bridgehead atoms. The van der Waals surface area contributed by atoms with Gasteiger partial charge in [-0.2, -0.15) is 0 Å². The fourth-order valence-corrected chi connectivity index (χ4v) is 3.85. The maximum absolute atomic E-state index is 12.5. The van der Waals surface area contributed by atoms with Crippen LogP contribution >= 0.6 is 11.8 Å². The molecule has 3 aromatic rings. The van der Waals surface area contributed by atoms with Crippen LogP contribution in [0.1, 0.15) is 12.5 Å². The number of para-hydroxylation sites is 1. The van der Waals surface area contributed by atoms with E-state index >= 15 is 0 Å². The van der Waals surface area contributed by atoms with Crippen molar-refractivity contribution in [1.29, 1.82) is 0 Å². The van der Waals surface area contributed by atoms with Crippen molar-refractivity contribution in [1.82, 2.24) is 15.6 Å². The van der Waals surface area contributed by atoms with E-state index in [2.05, 4.69) is 21.7 Å². The van der Waals surface area contributed by atoms with E-state index in [4.69, 9.17) is 0 Å². The molecule has 1 atom stereocenters. The third-order valence-electron chi connectivity index (χ3n) is 4.22. The normalized spacial score (nSPS) is 11.9. The minimum Gasteiger partial charge on any atom is -0.361 e. The van der Waals surface area contributed by atoms with Gasteiger partial charge in [-0.25, -0.2) is 0 Å². The fourth-order valence-electron chi connectivity index (χ4n) is 2.91. The Morgan fingerprint density at radius 3 is 2.59 bits per heavy atom. The van der Waals surface area contributed by atoms with E-state index in [9.17, 15) is 9.59 Å². The van der Waals surface area contributed by atoms with Crippen molar-refractivity contribution in [2.45, 2.75) is 24.3 Å². The maximum atomic E-state index is 12.5. The standard InChI is InChI=1S/C21H23N3O2S/c1-15(25)24-20(14-27-17-7-3-2-4-8-17)21(26)22-12-11-16-13-23-19-10-6-5-9-18(16)19/h2-10,13,20,23H,11-12,14H2,1H3,(H,22,26)(H,24,25). The second kappa shape index (κ2) is 9.28. The molecule has 1 heterocycles. The summed E-state index contributed by atoms with van der Waals surface area (Å²) in [5.41, 5.74) is 2.26. The van der Waals surface area contributed by atoms with E-state index in [-0.39, 0.29) is 11.8 Å². The molecule has 0 saturated heterocycles. The third-order valence-corrected chi connectivity index (χ3v) is 5.33. The van der Waals surface area contributed by atoms with Gasteiger partial charge >= 0.3 is 0 Å². The lowest BCUT2D eigenvalue weighted by atomic mass is 10.1. The number of carbonyl (C=O) groups excluding carboxylic acids is 2. The van der Waals surface area contributed by atoms with Crippen molar-refractivity contribution in [2.75, 3.05) is 12.3 Å². The topological polar surface area (TPSA) is 74.0 Å². The van der Waals surface area contributed by atoms with Crippen LogP contribution in [-0.4, -0.2) is 35.1 Å². The first-order valence-corrected chi connectivity index (χ1v) is 9.89. The van der Waals surface area contributed by atoms with Crippen LogP contribution in [0.15, 0.2) is 65.7 Å². The fraction of sp³-hybridized carbons (Fsp3) is 0.238. The average Bonchev–Trinajstić information content (AvgIpc) is 3.09. The molecule has 6 heteroatoms. The monoisotopic (exact) mass is 381 g/mol. The molecule has 140 valence electrons. The lowest BCUT2D eigenvalue weighted by Crippen LogP contribution is -2.48. The zero-order chi connectivity index (χ0) is 19.1. The van der Waals surface area contributed by atoms with Crippen LogP contribution in [0.3, 0.4) is 0 Å². The smallest absolute Gasteiger partial charge is 0.243 e. The number of carbonyl (C=O) groups is 2. The van der Waals surface area contributed by atoms with Gasteiger partial charge in [0.1, 0.15) is 6.04 Å². The summed E-state index contributed by atoms with van der Waals surface area (Å²) in [4.78, 5) is 28.3. The predicted molar refractivity (Wildman–Crippen MR) is 110 cm³/mol. The van der Waals surface area contributed by atoms with E-state index in [1.165, 1.54) is 17.9 Å². The first-order valence-electron chi connectivity index (χ1n) is 8.91. The van der Waals surface area contributed by atoms with Gasteiger partial charge in [0.05, 0.1) is 0 Å². The van der Waals surface area contributed by atoms with Gasteiger partial charge in [0.25, 0.3) is 0 Å². The van der Waals surface area contributed by atoms with Crippen LogP contribution in [0.25, 0.3) is 10.9 Å². The Labute approximate surface area is 162 Å². The largest absolute Gasteiger partial charge is 0.361 e. The average molecular weight is 382 g/mol. The first-order chi connectivity index (χ1) is 13.1. The molecule has 2 aromatic carbocycles. The molecule has 0 aliphatic heterocycles. The first kappa shape index (κ1) is 19.0. The highest BCUT2D eigenvalue weighted by atomic mass is 32.2. The molecule has 0 aliphatic carbocycles. The molecule has 3 N–H and O–H groups in total. The third kappa shape index (κ3) is 5.37. The number of nitrogens with one attached hydrogen (secondary N) is 3. The van der Waals surface area contributed by atoms with Gasteiger partial charge < -0.3 is 15.6 Å². The molecule has 0 aliphatic rings. The Bertz CT molecular complexity index is 908. The van der Waals surface area contributed by atoms with E-state index in [1.54, 1.807) is 11.8 Å². The molecule has 0 radical (unpaired) electrons. The summed E-state index contributed by atoms with van der Waals surface area (Å²) >= 11 is 1.55. The molecule has 0 fully saturated rings. The van der Waals surface area contributed by atoms with Gasteiger partial charge in [0.15, 0.2) is 0 Å². The highest BCUT2D eigenvalue weighted by molar-refractivity contribution is 7.99. The number of amides is 2. The van der Waals surface area contributed by atoms with Crippen molar-refractivity contribution in [3.05, 3.63) is 66.4 Å². The van der Waals surface area contributed by atoms with Crippen molar-refractivity contribution in [3.8, 4) is 0 Å². The van der Waals surface area contributed by atoms with E-state index < -0.39 is 6.04 Å². The lowest BCUT2D eigenvalue weighted by molar-refractivity contribution is -0.127. The van der Waals surface area contributed by atoms with Crippen LogP contribution < -0.4 is 10.6 Å². The Hall–Kier alpha value is -2.73. The second-order valence-corrected chi connectivity index (χ2v) is 7.37. The molecule has 1 aromatic heterocycles. The van der Waals surface area contributed by atoms with E-state index in [0.29, 0.717) is 12.3 Å². The highest BCUT2D eigenvalue weighted by Gasteiger charge is 2.19. The zero-order valence-electron chi connectivity index (χ0n) is 15.2. The zero-order valence-corrected chi connectivity index (χ0v) is 16.0. The SMILES string of the molecule is CC(=O)NC(CSc1ccccc1)C(=O)NCCc1c[nH]c2ccccc12. The summed E-state index contributed by atoms with van der Waals surface area (Å²) in [6.07, 6.45) is 2.71. The molecular weight excluding hydrogens is 358 g/mol. The molecule has 27 heavy (non-hydrogen) atoms. The molecule has 2 amide bonds. The minimum absolute atomic E-state index is 0.159. The van der Waals surface area contributed by atoms with Gasteiger partial charge in [0.2, 0.25) is 11.8 Å². The number of H-pyrrole nitrogens is 1. The summed E-state index contributed by atoms with van der Waals surface area (Å²) in [6.45, 7) is 1.95. The van der Waals surface area contributed by atoms with Gasteiger partial charge in [0, 0.05) is 41.2 Å². The molecule has 0 spiro atoms. The number of hydrogen-bond donors (Lipinski definition) is 3. The summed E-state index contributed by atoms with van der Waals surface area (Å²) < 4.78 is 0. The number of fused-ring (bicyclic) bond motifs is 1. The molecule has 3 rings (SSSR count). The predicted octanol–water partition coefficient (Wildman–Crippen LogP) is 3.12. The number of hydrogen-bond acceptors (Lipinski definition) is 3. The van der Waals surface area contributed by atoms with Crippen molar-refractivity contribution < 1.29 is 9.59 Å².